The number of rotatable bonds is 3. The van der Waals surface area contributed by atoms with Gasteiger partial charge in [-0.1, -0.05) is 24.3 Å². The van der Waals surface area contributed by atoms with Crippen molar-refractivity contribution in [3.8, 4) is 0 Å². The van der Waals surface area contributed by atoms with Crippen molar-refractivity contribution in [2.75, 3.05) is 0 Å². The van der Waals surface area contributed by atoms with Crippen molar-refractivity contribution in [3.05, 3.63) is 24.3 Å². The van der Waals surface area contributed by atoms with Crippen LogP contribution < -0.4 is 0 Å². The monoisotopic (exact) mass is 140 g/mol. The number of hydrogen-bond acceptors (Lipinski definition) is 1. The summed E-state index contributed by atoms with van der Waals surface area (Å²) in [5.74, 6) is -1.18. The summed E-state index contributed by atoms with van der Waals surface area (Å²) < 4.78 is 0. The van der Waals surface area contributed by atoms with Crippen molar-refractivity contribution in [2.24, 2.45) is 5.92 Å². The molecule has 0 saturated carbocycles. The molecule has 0 heterocycles. The Morgan fingerprint density at radius 1 is 1.50 bits per heavy atom. The first-order valence-corrected chi connectivity index (χ1v) is 3.20. The fourth-order valence-electron chi connectivity index (χ4n) is 0.424. The lowest BCUT2D eigenvalue weighted by Gasteiger charge is -1.94. The molecule has 0 aliphatic carbocycles. The van der Waals surface area contributed by atoms with E-state index in [1.165, 1.54) is 0 Å². The maximum absolute atomic E-state index is 10.2. The van der Waals surface area contributed by atoms with Crippen molar-refractivity contribution < 1.29 is 9.90 Å². The first-order valence-electron chi connectivity index (χ1n) is 3.20. The lowest BCUT2D eigenvalue weighted by molar-refractivity contribution is -0.139. The highest BCUT2D eigenvalue weighted by Crippen LogP contribution is 1.96. The van der Waals surface area contributed by atoms with Crippen molar-refractivity contribution in [3.63, 3.8) is 0 Å². The van der Waals surface area contributed by atoms with E-state index in [0.717, 1.165) is 0 Å². The van der Waals surface area contributed by atoms with E-state index < -0.39 is 11.9 Å². The SMILES string of the molecule is C/C=C/C=C/[C@@H](C)C(=O)O. The summed E-state index contributed by atoms with van der Waals surface area (Å²) in [7, 11) is 0. The van der Waals surface area contributed by atoms with Crippen LogP contribution in [-0.2, 0) is 4.79 Å². The first kappa shape index (κ1) is 8.95. The van der Waals surface area contributed by atoms with Gasteiger partial charge in [-0.15, -0.1) is 0 Å². The molecule has 0 rings (SSSR count). The highest BCUT2D eigenvalue weighted by Gasteiger charge is 2.03. The van der Waals surface area contributed by atoms with E-state index >= 15 is 0 Å². The van der Waals surface area contributed by atoms with Crippen molar-refractivity contribution >= 4 is 5.97 Å². The summed E-state index contributed by atoms with van der Waals surface area (Å²) in [6.45, 7) is 3.53. The molecule has 1 N–H and O–H groups in total. The fourth-order valence-corrected chi connectivity index (χ4v) is 0.424. The fraction of sp³-hybridized carbons (Fsp3) is 0.375. The van der Waals surface area contributed by atoms with Gasteiger partial charge in [0, 0.05) is 0 Å². The zero-order valence-corrected chi connectivity index (χ0v) is 6.24. The Morgan fingerprint density at radius 2 is 2.10 bits per heavy atom. The molecule has 2 heteroatoms. The van der Waals surface area contributed by atoms with Crippen LogP contribution in [0.25, 0.3) is 0 Å². The van der Waals surface area contributed by atoms with E-state index in [-0.39, 0.29) is 0 Å². The highest BCUT2D eigenvalue weighted by atomic mass is 16.4. The van der Waals surface area contributed by atoms with E-state index in [2.05, 4.69) is 0 Å². The Hall–Kier alpha value is -1.05. The zero-order chi connectivity index (χ0) is 7.98. The molecule has 10 heavy (non-hydrogen) atoms. The van der Waals surface area contributed by atoms with Gasteiger partial charge in [0.05, 0.1) is 5.92 Å². The molecular formula is C8H12O2. The van der Waals surface area contributed by atoms with Gasteiger partial charge in [0.2, 0.25) is 0 Å². The minimum Gasteiger partial charge on any atom is -0.481 e. The smallest absolute Gasteiger partial charge is 0.310 e. The Morgan fingerprint density at radius 3 is 2.50 bits per heavy atom. The molecule has 0 fully saturated rings. The molecule has 2 nitrogen and oxygen atoms in total. The Labute approximate surface area is 60.9 Å². The standard InChI is InChI=1S/C8H12O2/c1-3-4-5-6-7(2)8(9)10/h3-7H,1-2H3,(H,9,10)/b4-3+,6-5+/t7-/m1/s1. The number of allylic oxidation sites excluding steroid dienone is 3. The predicted molar refractivity (Wildman–Crippen MR) is 40.8 cm³/mol. The summed E-state index contributed by atoms with van der Waals surface area (Å²) in [4.78, 5) is 10.2. The van der Waals surface area contributed by atoms with Gasteiger partial charge in [-0.3, -0.25) is 4.79 Å². The Bertz CT molecular complexity index is 157. The number of carboxylic acids is 1. The lowest BCUT2D eigenvalue weighted by atomic mass is 10.2. The number of carboxylic acid groups (broad SMARTS) is 1. The Kier molecular flexibility index (Phi) is 4.29. The second-order valence-corrected chi connectivity index (χ2v) is 2.04. The van der Waals surface area contributed by atoms with E-state index in [4.69, 9.17) is 5.11 Å². The first-order chi connectivity index (χ1) is 4.68. The summed E-state index contributed by atoms with van der Waals surface area (Å²) in [5.41, 5.74) is 0. The molecule has 56 valence electrons. The average Bonchev–Trinajstić information content (AvgIpc) is 1.88. The van der Waals surface area contributed by atoms with Crippen LogP contribution in [0.5, 0.6) is 0 Å². The van der Waals surface area contributed by atoms with Gasteiger partial charge in [-0.2, -0.15) is 0 Å². The molecular weight excluding hydrogens is 128 g/mol. The minimum absolute atomic E-state index is 0.392. The molecule has 0 aromatic heterocycles. The third kappa shape index (κ3) is 3.89. The third-order valence-electron chi connectivity index (χ3n) is 1.09. The van der Waals surface area contributed by atoms with E-state index in [0.29, 0.717) is 0 Å². The van der Waals surface area contributed by atoms with Crippen LogP contribution in [-0.4, -0.2) is 11.1 Å². The quantitative estimate of drug-likeness (QED) is 0.607. The number of carbonyl (C=O) groups is 1. The van der Waals surface area contributed by atoms with Crippen LogP contribution in [0.4, 0.5) is 0 Å². The zero-order valence-electron chi connectivity index (χ0n) is 6.24. The average molecular weight is 140 g/mol. The second-order valence-electron chi connectivity index (χ2n) is 2.04. The molecule has 0 spiro atoms. The summed E-state index contributed by atoms with van der Waals surface area (Å²) in [6, 6.07) is 0. The van der Waals surface area contributed by atoms with Crippen molar-refractivity contribution in [2.45, 2.75) is 13.8 Å². The van der Waals surface area contributed by atoms with Crippen LogP contribution in [0, 0.1) is 5.92 Å². The van der Waals surface area contributed by atoms with Crippen molar-refractivity contribution in [1.29, 1.82) is 0 Å². The topological polar surface area (TPSA) is 37.3 Å². The second kappa shape index (κ2) is 4.79. The van der Waals surface area contributed by atoms with Crippen molar-refractivity contribution in [1.82, 2.24) is 0 Å². The predicted octanol–water partition coefficient (Wildman–Crippen LogP) is 1.84. The molecule has 0 aliphatic rings. The molecule has 0 aliphatic heterocycles. The molecule has 0 unspecified atom stereocenters. The maximum atomic E-state index is 10.2. The molecule has 0 amide bonds. The molecule has 0 radical (unpaired) electrons. The largest absolute Gasteiger partial charge is 0.481 e. The molecule has 0 bridgehead atoms. The number of aliphatic carboxylic acids is 1. The third-order valence-corrected chi connectivity index (χ3v) is 1.09. The summed E-state index contributed by atoms with van der Waals surface area (Å²) in [6.07, 6.45) is 7.03. The van der Waals surface area contributed by atoms with Crippen LogP contribution in [0.3, 0.4) is 0 Å². The molecule has 1 atom stereocenters. The highest BCUT2D eigenvalue weighted by molar-refractivity contribution is 5.71. The lowest BCUT2D eigenvalue weighted by Crippen LogP contribution is -2.05. The van der Waals surface area contributed by atoms with E-state index in [1.807, 2.05) is 13.0 Å². The van der Waals surface area contributed by atoms with Gasteiger partial charge in [-0.25, -0.2) is 0 Å². The van der Waals surface area contributed by atoms with Crippen LogP contribution >= 0.6 is 0 Å². The number of hydrogen-bond donors (Lipinski definition) is 1. The van der Waals surface area contributed by atoms with Gasteiger partial charge >= 0.3 is 5.97 Å². The summed E-state index contributed by atoms with van der Waals surface area (Å²) in [5, 5.41) is 8.41. The van der Waals surface area contributed by atoms with Gasteiger partial charge in [0.15, 0.2) is 0 Å². The normalized spacial score (nSPS) is 14.6. The molecule has 0 aromatic carbocycles. The van der Waals surface area contributed by atoms with Crippen LogP contribution in [0.2, 0.25) is 0 Å². The van der Waals surface area contributed by atoms with E-state index in [1.54, 1.807) is 25.2 Å². The maximum Gasteiger partial charge on any atom is 0.310 e. The van der Waals surface area contributed by atoms with Crippen LogP contribution in [0.1, 0.15) is 13.8 Å². The van der Waals surface area contributed by atoms with Gasteiger partial charge in [-0.05, 0) is 13.8 Å². The summed E-state index contributed by atoms with van der Waals surface area (Å²) >= 11 is 0. The van der Waals surface area contributed by atoms with Gasteiger partial charge < -0.3 is 5.11 Å². The van der Waals surface area contributed by atoms with Gasteiger partial charge in [0.25, 0.3) is 0 Å². The molecule has 0 saturated heterocycles. The van der Waals surface area contributed by atoms with Gasteiger partial charge in [0.1, 0.15) is 0 Å². The van der Waals surface area contributed by atoms with E-state index in [9.17, 15) is 4.79 Å². The molecule has 0 aromatic rings. The minimum atomic E-state index is -0.791. The Balaban J connectivity index is 3.77. The van der Waals surface area contributed by atoms with Crippen LogP contribution in [0.15, 0.2) is 24.3 Å².